The van der Waals surface area contributed by atoms with Gasteiger partial charge in [-0.1, -0.05) is 23.7 Å². The molecule has 0 saturated heterocycles. The maximum absolute atomic E-state index is 12.5. The molecule has 1 N–H and O–H groups in total. The third-order valence-corrected chi connectivity index (χ3v) is 5.92. The SMILES string of the molecule is O=C(CN1C(=O)CCOc2ccccc21)Nc1nc(-c2ccc(Cl)s2)cs1. The Morgan fingerprint density at radius 2 is 2.15 bits per heavy atom. The summed E-state index contributed by atoms with van der Waals surface area (Å²) in [4.78, 5) is 31.7. The second-order valence-electron chi connectivity index (χ2n) is 5.74. The van der Waals surface area contributed by atoms with E-state index in [1.165, 1.54) is 27.6 Å². The Kier molecular flexibility index (Phi) is 5.11. The standard InChI is InChI=1S/C18H14ClN3O3S2/c19-15-6-5-14(27-15)11-10-26-18(20-11)21-16(23)9-22-12-3-1-2-4-13(12)25-8-7-17(22)24/h1-6,10H,7-9H2,(H,20,21,23). The van der Waals surface area contributed by atoms with Crippen LogP contribution in [0.5, 0.6) is 5.75 Å². The number of thiazole rings is 1. The van der Waals surface area contributed by atoms with Gasteiger partial charge in [-0.15, -0.1) is 22.7 Å². The van der Waals surface area contributed by atoms with E-state index in [2.05, 4.69) is 10.3 Å². The second-order valence-corrected chi connectivity index (χ2v) is 8.31. The number of amides is 2. The highest BCUT2D eigenvalue weighted by Crippen LogP contribution is 2.33. The number of carbonyl (C=O) groups is 2. The van der Waals surface area contributed by atoms with Crippen molar-refractivity contribution < 1.29 is 14.3 Å². The fraction of sp³-hybridized carbons (Fsp3) is 0.167. The number of halogens is 1. The van der Waals surface area contributed by atoms with Gasteiger partial charge in [0.1, 0.15) is 12.3 Å². The van der Waals surface area contributed by atoms with Crippen LogP contribution < -0.4 is 15.0 Å². The quantitative estimate of drug-likeness (QED) is 0.685. The Hall–Kier alpha value is -2.42. The molecule has 0 unspecified atom stereocenters. The lowest BCUT2D eigenvalue weighted by Crippen LogP contribution is -2.37. The Bertz CT molecular complexity index is 1000. The highest BCUT2D eigenvalue weighted by Gasteiger charge is 2.25. The molecule has 0 bridgehead atoms. The fourth-order valence-electron chi connectivity index (χ4n) is 2.69. The summed E-state index contributed by atoms with van der Waals surface area (Å²) in [7, 11) is 0. The molecule has 0 atom stereocenters. The topological polar surface area (TPSA) is 71.5 Å². The van der Waals surface area contributed by atoms with Crippen LogP contribution in [0.1, 0.15) is 6.42 Å². The molecular formula is C18H14ClN3O3S2. The number of thiophene rings is 1. The maximum Gasteiger partial charge on any atom is 0.246 e. The Balaban J connectivity index is 1.48. The van der Waals surface area contributed by atoms with Gasteiger partial charge in [-0.2, -0.15) is 0 Å². The number of hydrogen-bond donors (Lipinski definition) is 1. The monoisotopic (exact) mass is 419 g/mol. The molecule has 1 aliphatic heterocycles. The van der Waals surface area contributed by atoms with Crippen LogP contribution in [0.25, 0.3) is 10.6 Å². The predicted octanol–water partition coefficient (Wildman–Crippen LogP) is 4.28. The molecule has 27 heavy (non-hydrogen) atoms. The molecule has 0 spiro atoms. The highest BCUT2D eigenvalue weighted by molar-refractivity contribution is 7.20. The van der Waals surface area contributed by atoms with Gasteiger partial charge in [0.2, 0.25) is 11.8 Å². The van der Waals surface area contributed by atoms with Gasteiger partial charge in [-0.3, -0.25) is 14.5 Å². The first-order chi connectivity index (χ1) is 13.1. The number of rotatable bonds is 4. The summed E-state index contributed by atoms with van der Waals surface area (Å²) >= 11 is 8.71. The zero-order chi connectivity index (χ0) is 18.8. The minimum Gasteiger partial charge on any atom is -0.491 e. The van der Waals surface area contributed by atoms with Crippen molar-refractivity contribution in [2.24, 2.45) is 0 Å². The van der Waals surface area contributed by atoms with Gasteiger partial charge in [0.05, 0.1) is 33.6 Å². The third-order valence-electron chi connectivity index (χ3n) is 3.91. The number of carbonyl (C=O) groups excluding carboxylic acids is 2. The van der Waals surface area contributed by atoms with Crippen LogP contribution in [-0.4, -0.2) is 29.9 Å². The molecule has 3 heterocycles. The van der Waals surface area contributed by atoms with Gasteiger partial charge in [-0.25, -0.2) is 4.98 Å². The number of nitrogens with zero attached hydrogens (tertiary/aromatic N) is 2. The van der Waals surface area contributed by atoms with Crippen molar-refractivity contribution in [3.8, 4) is 16.3 Å². The molecule has 1 aromatic carbocycles. The number of ether oxygens (including phenoxy) is 1. The number of hydrogen-bond acceptors (Lipinski definition) is 6. The van der Waals surface area contributed by atoms with Crippen LogP contribution in [0.3, 0.4) is 0 Å². The van der Waals surface area contributed by atoms with Gasteiger partial charge in [0, 0.05) is 5.38 Å². The van der Waals surface area contributed by atoms with Gasteiger partial charge >= 0.3 is 0 Å². The Labute approximate surface area is 168 Å². The molecule has 2 aromatic heterocycles. The lowest BCUT2D eigenvalue weighted by molar-refractivity contribution is -0.121. The van der Waals surface area contributed by atoms with Gasteiger partial charge in [0.25, 0.3) is 0 Å². The summed E-state index contributed by atoms with van der Waals surface area (Å²) in [6.45, 7) is 0.201. The molecule has 2 amide bonds. The molecular weight excluding hydrogens is 406 g/mol. The zero-order valence-electron chi connectivity index (χ0n) is 14.0. The van der Waals surface area contributed by atoms with Crippen molar-refractivity contribution in [2.75, 3.05) is 23.4 Å². The van der Waals surface area contributed by atoms with Crippen LogP contribution >= 0.6 is 34.3 Å². The maximum atomic E-state index is 12.5. The van der Waals surface area contributed by atoms with E-state index >= 15 is 0 Å². The first kappa shape index (κ1) is 18.0. The average Bonchev–Trinajstić information content (AvgIpc) is 3.25. The third kappa shape index (κ3) is 3.97. The van der Waals surface area contributed by atoms with E-state index in [4.69, 9.17) is 16.3 Å². The first-order valence-electron chi connectivity index (χ1n) is 8.13. The highest BCUT2D eigenvalue weighted by atomic mass is 35.5. The lowest BCUT2D eigenvalue weighted by Gasteiger charge is -2.20. The van der Waals surface area contributed by atoms with E-state index in [-0.39, 0.29) is 24.8 Å². The molecule has 9 heteroatoms. The van der Waals surface area contributed by atoms with Gasteiger partial charge < -0.3 is 10.1 Å². The van der Waals surface area contributed by atoms with E-state index in [1.807, 2.05) is 29.6 Å². The molecule has 1 aliphatic rings. The predicted molar refractivity (Wildman–Crippen MR) is 108 cm³/mol. The molecule has 0 saturated carbocycles. The summed E-state index contributed by atoms with van der Waals surface area (Å²) in [6, 6.07) is 10.9. The second kappa shape index (κ2) is 7.67. The molecule has 0 radical (unpaired) electrons. The number of aromatic nitrogens is 1. The van der Waals surface area contributed by atoms with Crippen LogP contribution in [0.15, 0.2) is 41.8 Å². The molecule has 6 nitrogen and oxygen atoms in total. The Morgan fingerprint density at radius 1 is 1.30 bits per heavy atom. The van der Waals surface area contributed by atoms with Crippen LogP contribution in [0.4, 0.5) is 10.8 Å². The van der Waals surface area contributed by atoms with Crippen LogP contribution in [0.2, 0.25) is 4.34 Å². The van der Waals surface area contributed by atoms with Crippen molar-refractivity contribution >= 4 is 56.9 Å². The minimum absolute atomic E-state index is 0.0983. The van der Waals surface area contributed by atoms with Gasteiger partial charge in [0.15, 0.2) is 5.13 Å². The van der Waals surface area contributed by atoms with Crippen molar-refractivity contribution in [2.45, 2.75) is 6.42 Å². The van der Waals surface area contributed by atoms with E-state index in [0.717, 1.165) is 10.6 Å². The number of nitrogens with one attached hydrogen (secondary N) is 1. The van der Waals surface area contributed by atoms with Crippen molar-refractivity contribution in [3.63, 3.8) is 0 Å². The molecule has 0 aliphatic carbocycles. The normalized spacial score (nSPS) is 13.7. The molecule has 4 rings (SSSR count). The summed E-state index contributed by atoms with van der Waals surface area (Å²) in [6.07, 6.45) is 0.225. The minimum atomic E-state index is -0.315. The average molecular weight is 420 g/mol. The van der Waals surface area contributed by atoms with Crippen molar-refractivity contribution in [3.05, 3.63) is 46.1 Å². The van der Waals surface area contributed by atoms with Crippen LogP contribution in [0, 0.1) is 0 Å². The number of fused-ring (bicyclic) bond motifs is 1. The van der Waals surface area contributed by atoms with Gasteiger partial charge in [-0.05, 0) is 24.3 Å². The molecule has 3 aromatic rings. The number of anilines is 2. The summed E-state index contributed by atoms with van der Waals surface area (Å²) in [5.41, 5.74) is 1.36. The lowest BCUT2D eigenvalue weighted by atomic mass is 10.2. The molecule has 138 valence electrons. The van der Waals surface area contributed by atoms with E-state index < -0.39 is 0 Å². The van der Waals surface area contributed by atoms with E-state index in [1.54, 1.807) is 12.1 Å². The largest absolute Gasteiger partial charge is 0.491 e. The summed E-state index contributed by atoms with van der Waals surface area (Å²) in [5, 5.41) is 5.10. The smallest absolute Gasteiger partial charge is 0.246 e. The summed E-state index contributed by atoms with van der Waals surface area (Å²) in [5.74, 6) is 0.135. The van der Waals surface area contributed by atoms with E-state index in [0.29, 0.717) is 27.5 Å². The Morgan fingerprint density at radius 3 is 2.96 bits per heavy atom. The number of benzene rings is 1. The zero-order valence-corrected chi connectivity index (χ0v) is 16.4. The number of para-hydroxylation sites is 2. The van der Waals surface area contributed by atoms with E-state index in [9.17, 15) is 9.59 Å². The molecule has 0 fully saturated rings. The van der Waals surface area contributed by atoms with Crippen molar-refractivity contribution in [1.29, 1.82) is 0 Å². The van der Waals surface area contributed by atoms with Crippen molar-refractivity contribution in [1.82, 2.24) is 4.98 Å². The first-order valence-corrected chi connectivity index (χ1v) is 10.2. The van der Waals surface area contributed by atoms with Crippen LogP contribution in [-0.2, 0) is 9.59 Å². The summed E-state index contributed by atoms with van der Waals surface area (Å²) < 4.78 is 6.27. The fourth-order valence-corrected chi connectivity index (χ4v) is 4.50.